The van der Waals surface area contributed by atoms with Crippen molar-refractivity contribution < 1.29 is 9.18 Å². The van der Waals surface area contributed by atoms with E-state index in [1.807, 2.05) is 25.3 Å². The third-order valence-electron chi connectivity index (χ3n) is 5.48. The van der Waals surface area contributed by atoms with Crippen LogP contribution in [0.25, 0.3) is 11.4 Å². The second kappa shape index (κ2) is 8.78. The molecule has 9 heteroatoms. The van der Waals surface area contributed by atoms with E-state index in [0.29, 0.717) is 36.8 Å². The molecule has 0 bridgehead atoms. The Bertz CT molecular complexity index is 1310. The van der Waals surface area contributed by atoms with Crippen LogP contribution in [0.3, 0.4) is 0 Å². The van der Waals surface area contributed by atoms with Crippen LogP contribution in [0.4, 0.5) is 15.9 Å². The molecule has 0 radical (unpaired) electrons. The smallest absolute Gasteiger partial charge is 0.244 e. The first-order valence-corrected chi connectivity index (χ1v) is 10.6. The molecule has 1 amide bonds. The van der Waals surface area contributed by atoms with Gasteiger partial charge in [0.05, 0.1) is 18.4 Å². The van der Waals surface area contributed by atoms with Gasteiger partial charge in [-0.15, -0.1) is 0 Å². The van der Waals surface area contributed by atoms with Crippen LogP contribution in [0, 0.1) is 12.7 Å². The number of carbonyl (C=O) groups excluding carboxylic acids is 1. The average Bonchev–Trinajstić information content (AvgIpc) is 3.23. The number of hydrogen-bond acceptors (Lipinski definition) is 6. The van der Waals surface area contributed by atoms with E-state index in [9.17, 15) is 9.18 Å². The van der Waals surface area contributed by atoms with E-state index in [2.05, 4.69) is 15.4 Å². The lowest BCUT2D eigenvalue weighted by Gasteiger charge is -2.30. The van der Waals surface area contributed by atoms with Crippen molar-refractivity contribution in [1.29, 1.82) is 0 Å². The summed E-state index contributed by atoms with van der Waals surface area (Å²) in [6.45, 7) is 3.02. The van der Waals surface area contributed by atoms with Crippen LogP contribution in [0.2, 0.25) is 0 Å². The van der Waals surface area contributed by atoms with E-state index in [0.717, 1.165) is 22.4 Å². The van der Waals surface area contributed by atoms with Crippen molar-refractivity contribution in [2.45, 2.75) is 26.4 Å². The molecule has 0 aliphatic carbocycles. The van der Waals surface area contributed by atoms with Crippen LogP contribution in [0.15, 0.2) is 61.2 Å². The van der Waals surface area contributed by atoms with Gasteiger partial charge in [0.1, 0.15) is 18.2 Å². The zero-order valence-corrected chi connectivity index (χ0v) is 18.1. The molecule has 8 nitrogen and oxygen atoms in total. The van der Waals surface area contributed by atoms with E-state index in [-0.39, 0.29) is 18.3 Å². The number of halogens is 1. The first-order chi connectivity index (χ1) is 16.0. The first-order valence-electron chi connectivity index (χ1n) is 10.6. The van der Waals surface area contributed by atoms with Crippen molar-refractivity contribution in [1.82, 2.24) is 29.6 Å². The lowest BCUT2D eigenvalue weighted by atomic mass is 10.0. The number of carbonyl (C=O) groups is 1. The molecule has 5 rings (SSSR count). The minimum atomic E-state index is -0.346. The van der Waals surface area contributed by atoms with Crippen molar-refractivity contribution in [3.8, 4) is 11.4 Å². The highest BCUT2D eigenvalue weighted by Crippen LogP contribution is 2.29. The average molecular weight is 443 g/mol. The number of aryl methyl sites for hydroxylation is 1. The quantitative estimate of drug-likeness (QED) is 0.508. The topological polar surface area (TPSA) is 88.8 Å². The van der Waals surface area contributed by atoms with Gasteiger partial charge in [-0.3, -0.25) is 14.5 Å². The fraction of sp³-hybridized carbons (Fsp3) is 0.208. The van der Waals surface area contributed by atoms with Gasteiger partial charge >= 0.3 is 0 Å². The van der Waals surface area contributed by atoms with E-state index in [1.54, 1.807) is 40.3 Å². The molecule has 0 fully saturated rings. The maximum absolute atomic E-state index is 13.8. The maximum Gasteiger partial charge on any atom is 0.244 e. The predicted octanol–water partition coefficient (Wildman–Crippen LogP) is 3.51. The number of pyridine rings is 1. The molecule has 1 aliphatic rings. The lowest BCUT2D eigenvalue weighted by molar-refractivity contribution is -0.133. The summed E-state index contributed by atoms with van der Waals surface area (Å²) in [5, 5.41) is 7.44. The Balaban J connectivity index is 1.48. The molecule has 33 heavy (non-hydrogen) atoms. The number of rotatable bonds is 5. The molecule has 0 saturated heterocycles. The van der Waals surface area contributed by atoms with E-state index in [4.69, 9.17) is 9.97 Å². The largest absolute Gasteiger partial charge is 0.340 e. The highest BCUT2D eigenvalue weighted by Gasteiger charge is 2.26. The SMILES string of the molecule is Cc1cnn(CC(=O)N2CCc3nc(-c4cccnc4)nc(Nc4cccc(F)c4)c3C2)c1. The zero-order valence-electron chi connectivity index (χ0n) is 18.1. The fourth-order valence-corrected chi connectivity index (χ4v) is 3.85. The van der Waals surface area contributed by atoms with Gasteiger partial charge in [-0.1, -0.05) is 6.07 Å². The molecule has 0 unspecified atom stereocenters. The maximum atomic E-state index is 13.8. The Morgan fingerprint density at radius 2 is 2.09 bits per heavy atom. The van der Waals surface area contributed by atoms with Crippen molar-refractivity contribution in [2.75, 3.05) is 11.9 Å². The minimum absolute atomic E-state index is 0.0307. The summed E-state index contributed by atoms with van der Waals surface area (Å²) in [5.74, 6) is 0.711. The zero-order chi connectivity index (χ0) is 22.8. The Morgan fingerprint density at radius 1 is 1.18 bits per heavy atom. The third kappa shape index (κ3) is 4.57. The van der Waals surface area contributed by atoms with Gasteiger partial charge in [-0.05, 0) is 42.8 Å². The molecule has 1 aromatic carbocycles. The summed E-state index contributed by atoms with van der Waals surface area (Å²) < 4.78 is 15.4. The van der Waals surface area contributed by atoms with Crippen LogP contribution in [-0.4, -0.2) is 42.1 Å². The number of nitrogens with zero attached hydrogens (tertiary/aromatic N) is 6. The molecule has 0 saturated carbocycles. The van der Waals surface area contributed by atoms with Gasteiger partial charge < -0.3 is 10.2 Å². The molecule has 4 aromatic rings. The van der Waals surface area contributed by atoms with Crippen LogP contribution in [0.1, 0.15) is 16.8 Å². The van der Waals surface area contributed by atoms with Crippen molar-refractivity contribution in [2.24, 2.45) is 0 Å². The summed E-state index contributed by atoms with van der Waals surface area (Å²) in [6, 6.07) is 9.92. The summed E-state index contributed by atoms with van der Waals surface area (Å²) in [6.07, 6.45) is 7.56. The third-order valence-corrected chi connectivity index (χ3v) is 5.48. The number of benzene rings is 1. The minimum Gasteiger partial charge on any atom is -0.340 e. The van der Waals surface area contributed by atoms with Crippen LogP contribution >= 0.6 is 0 Å². The van der Waals surface area contributed by atoms with Gasteiger partial charge in [0.15, 0.2) is 5.82 Å². The second-order valence-corrected chi connectivity index (χ2v) is 7.98. The van der Waals surface area contributed by atoms with Crippen molar-refractivity contribution in [3.63, 3.8) is 0 Å². The molecular weight excluding hydrogens is 421 g/mol. The normalized spacial score (nSPS) is 13.0. The van der Waals surface area contributed by atoms with Crippen molar-refractivity contribution in [3.05, 3.63) is 83.8 Å². The Morgan fingerprint density at radius 3 is 2.85 bits per heavy atom. The highest BCUT2D eigenvalue weighted by atomic mass is 19.1. The lowest BCUT2D eigenvalue weighted by Crippen LogP contribution is -2.39. The monoisotopic (exact) mass is 443 g/mol. The van der Waals surface area contributed by atoms with Crippen LogP contribution in [-0.2, 0) is 24.3 Å². The molecule has 1 aliphatic heterocycles. The van der Waals surface area contributed by atoms with Gasteiger partial charge in [-0.2, -0.15) is 5.10 Å². The van der Waals surface area contributed by atoms with Gasteiger partial charge in [0, 0.05) is 48.4 Å². The van der Waals surface area contributed by atoms with E-state index >= 15 is 0 Å². The molecule has 4 heterocycles. The Hall–Kier alpha value is -4.14. The molecule has 0 atom stereocenters. The molecule has 1 N–H and O–H groups in total. The second-order valence-electron chi connectivity index (χ2n) is 7.98. The van der Waals surface area contributed by atoms with E-state index < -0.39 is 0 Å². The number of amides is 1. The van der Waals surface area contributed by atoms with Gasteiger partial charge in [0.2, 0.25) is 5.91 Å². The molecule has 166 valence electrons. The number of hydrogen-bond donors (Lipinski definition) is 1. The summed E-state index contributed by atoms with van der Waals surface area (Å²) >= 11 is 0. The number of fused-ring (bicyclic) bond motifs is 1. The Kier molecular flexibility index (Phi) is 5.52. The standard InChI is InChI=1S/C24H22FN7O/c1-16-11-27-32(13-16)15-22(33)31-9-7-21-20(14-31)24(28-19-6-2-5-18(25)10-19)30-23(29-21)17-4-3-8-26-12-17/h2-6,8,10-13H,7,9,14-15H2,1H3,(H,28,29,30). The van der Waals surface area contributed by atoms with Gasteiger partial charge in [-0.25, -0.2) is 14.4 Å². The number of anilines is 2. The molecule has 3 aromatic heterocycles. The van der Waals surface area contributed by atoms with Crippen LogP contribution in [0.5, 0.6) is 0 Å². The molecular formula is C24H22FN7O. The van der Waals surface area contributed by atoms with Gasteiger partial charge in [0.25, 0.3) is 0 Å². The first kappa shape index (κ1) is 20.7. The summed E-state index contributed by atoms with van der Waals surface area (Å²) in [5.41, 5.74) is 4.05. The highest BCUT2D eigenvalue weighted by molar-refractivity contribution is 5.77. The fourth-order valence-electron chi connectivity index (χ4n) is 3.85. The van der Waals surface area contributed by atoms with Crippen molar-refractivity contribution >= 4 is 17.4 Å². The summed E-state index contributed by atoms with van der Waals surface area (Å²) in [4.78, 5) is 28.4. The van der Waals surface area contributed by atoms with E-state index in [1.165, 1.54) is 12.1 Å². The van der Waals surface area contributed by atoms with Crippen LogP contribution < -0.4 is 5.32 Å². The molecule has 0 spiro atoms. The Labute approximate surface area is 190 Å². The predicted molar refractivity (Wildman–Crippen MR) is 121 cm³/mol. The number of aromatic nitrogens is 5. The number of nitrogens with one attached hydrogen (secondary N) is 1. The summed E-state index contributed by atoms with van der Waals surface area (Å²) in [7, 11) is 0.